The van der Waals surface area contributed by atoms with Gasteiger partial charge >= 0.3 is 11.2 Å². The predicted molar refractivity (Wildman–Crippen MR) is 141 cm³/mol. The first-order valence-electron chi connectivity index (χ1n) is 12.3. The third kappa shape index (κ3) is 4.84. The van der Waals surface area contributed by atoms with Crippen molar-refractivity contribution in [2.75, 3.05) is 31.1 Å². The number of anilines is 1. The zero-order valence-electron chi connectivity index (χ0n) is 21.0. The van der Waals surface area contributed by atoms with E-state index in [1.54, 1.807) is 29.2 Å². The van der Waals surface area contributed by atoms with Gasteiger partial charge in [0.25, 0.3) is 0 Å². The second kappa shape index (κ2) is 10.9. The minimum atomic E-state index is -0.932. The minimum absolute atomic E-state index is 0.00365. The molecule has 0 spiro atoms. The molecule has 1 saturated heterocycles. The summed E-state index contributed by atoms with van der Waals surface area (Å²) in [7, 11) is 0. The first-order chi connectivity index (χ1) is 19.3. The van der Waals surface area contributed by atoms with E-state index in [-0.39, 0.29) is 53.2 Å². The van der Waals surface area contributed by atoms with Crippen LogP contribution in [-0.4, -0.2) is 45.6 Å². The minimum Gasteiger partial charge on any atom is -0.361 e. The smallest absolute Gasteiger partial charge is 0.359 e. The zero-order valence-corrected chi connectivity index (χ0v) is 21.0. The number of aromatic nitrogens is 2. The van der Waals surface area contributed by atoms with Gasteiger partial charge in [-0.15, -0.1) is 0 Å². The van der Waals surface area contributed by atoms with Crippen LogP contribution in [0.4, 0.5) is 20.2 Å². The van der Waals surface area contributed by atoms with Crippen LogP contribution in [0.15, 0.2) is 65.5 Å². The molecule has 0 saturated carbocycles. The Morgan fingerprint density at radius 1 is 0.925 bits per heavy atom. The first kappa shape index (κ1) is 26.4. The van der Waals surface area contributed by atoms with E-state index in [0.717, 1.165) is 15.7 Å². The fourth-order valence-corrected chi connectivity index (χ4v) is 5.16. The summed E-state index contributed by atoms with van der Waals surface area (Å²) in [6, 6.07) is 18.3. The van der Waals surface area contributed by atoms with Crippen LogP contribution >= 0.6 is 0 Å². The molecular weight excluding hydrogens is 520 g/mol. The number of rotatable bonds is 6. The highest BCUT2D eigenvalue weighted by Gasteiger charge is 2.34. The topological polar surface area (TPSA) is 132 Å². The second-order valence-electron chi connectivity index (χ2n) is 9.21. The summed E-state index contributed by atoms with van der Waals surface area (Å²) in [6.45, 7) is 0.868. The third-order valence-electron chi connectivity index (χ3n) is 6.95. The Bertz CT molecular complexity index is 1690. The van der Waals surface area contributed by atoms with Crippen molar-refractivity contribution >= 4 is 22.4 Å². The van der Waals surface area contributed by atoms with E-state index in [4.69, 9.17) is 0 Å². The van der Waals surface area contributed by atoms with E-state index in [1.165, 1.54) is 36.4 Å². The van der Waals surface area contributed by atoms with E-state index in [2.05, 4.69) is 9.88 Å². The molecule has 1 fully saturated rings. The van der Waals surface area contributed by atoms with Crippen molar-refractivity contribution in [1.29, 1.82) is 10.5 Å². The molecule has 40 heavy (non-hydrogen) atoms. The van der Waals surface area contributed by atoms with Gasteiger partial charge in [-0.25, -0.2) is 13.8 Å². The van der Waals surface area contributed by atoms with Gasteiger partial charge in [-0.1, -0.05) is 24.3 Å². The molecule has 0 amide bonds. The quantitative estimate of drug-likeness (QED) is 0.265. The van der Waals surface area contributed by atoms with Crippen LogP contribution in [0.25, 0.3) is 11.0 Å². The summed E-state index contributed by atoms with van der Waals surface area (Å²) in [6.07, 6.45) is 0. The molecule has 5 rings (SSSR count). The normalized spacial score (nSPS) is 13.8. The maximum atomic E-state index is 13.7. The number of fused-ring (bicyclic) bond motifs is 1. The Morgan fingerprint density at radius 3 is 2.00 bits per heavy atom. The molecule has 2 aromatic heterocycles. The maximum absolute atomic E-state index is 13.7. The first-order valence-corrected chi connectivity index (χ1v) is 12.3. The molecule has 2 aromatic carbocycles. The van der Waals surface area contributed by atoms with Crippen LogP contribution in [0, 0.1) is 44.4 Å². The van der Waals surface area contributed by atoms with E-state index in [1.807, 2.05) is 12.1 Å². The SMILES string of the molecule is N#CCn1c(=O)c([N+](=O)[O-])c(N2CCN(C(c3ccc(F)cc3)c3ccc(F)cc3)CC2)c2nc(C#N)ccc21. The van der Waals surface area contributed by atoms with Gasteiger partial charge in [-0.3, -0.25) is 24.4 Å². The molecule has 0 atom stereocenters. The molecule has 10 nitrogen and oxygen atoms in total. The number of piperazine rings is 1. The van der Waals surface area contributed by atoms with E-state index < -0.39 is 22.7 Å². The van der Waals surface area contributed by atoms with Crippen LogP contribution in [0.2, 0.25) is 0 Å². The maximum Gasteiger partial charge on any atom is 0.359 e. The number of hydrogen-bond donors (Lipinski definition) is 0. The number of benzene rings is 2. The lowest BCUT2D eigenvalue weighted by atomic mass is 9.96. The van der Waals surface area contributed by atoms with Gasteiger partial charge in [-0.2, -0.15) is 10.5 Å². The molecule has 1 aliphatic rings. The summed E-state index contributed by atoms with van der Waals surface area (Å²) in [5.41, 5.74) is 0.236. The number of nitrogens with zero attached hydrogens (tertiary/aromatic N) is 7. The van der Waals surface area contributed by atoms with Crippen molar-refractivity contribution < 1.29 is 13.7 Å². The Labute approximate surface area is 226 Å². The number of nitriles is 2. The summed E-state index contributed by atoms with van der Waals surface area (Å²) in [5.74, 6) is -0.776. The fourth-order valence-electron chi connectivity index (χ4n) is 5.16. The average Bonchev–Trinajstić information content (AvgIpc) is 2.96. The number of pyridine rings is 2. The van der Waals surface area contributed by atoms with Crippen molar-refractivity contribution in [3.8, 4) is 12.1 Å². The van der Waals surface area contributed by atoms with E-state index in [0.29, 0.717) is 13.1 Å². The Hall–Kier alpha value is -5.20. The van der Waals surface area contributed by atoms with Crippen molar-refractivity contribution in [2.45, 2.75) is 12.6 Å². The van der Waals surface area contributed by atoms with Crippen LogP contribution in [-0.2, 0) is 6.54 Å². The lowest BCUT2D eigenvalue weighted by Crippen LogP contribution is -2.48. The van der Waals surface area contributed by atoms with Crippen LogP contribution < -0.4 is 10.5 Å². The van der Waals surface area contributed by atoms with E-state index in [9.17, 15) is 34.2 Å². The lowest BCUT2D eigenvalue weighted by Gasteiger charge is -2.40. The number of nitro groups is 1. The standard InChI is InChI=1S/C28H21F2N7O3/c29-20-5-1-18(2-6-20)25(19-3-7-21(30)8-4-19)34-13-15-35(16-14-34)26-24-23(10-9-22(17-32)33-24)36(12-11-31)28(38)27(26)37(39)40/h1-10,25H,12-16H2. The molecule has 0 radical (unpaired) electrons. The third-order valence-corrected chi connectivity index (χ3v) is 6.95. The van der Waals surface area contributed by atoms with Crippen LogP contribution in [0.5, 0.6) is 0 Å². The number of halogens is 2. The molecule has 200 valence electrons. The Balaban J connectivity index is 1.56. The molecule has 3 heterocycles. The number of hydrogen-bond acceptors (Lipinski definition) is 8. The highest BCUT2D eigenvalue weighted by atomic mass is 19.1. The van der Waals surface area contributed by atoms with Crippen LogP contribution in [0.1, 0.15) is 22.9 Å². The van der Waals surface area contributed by atoms with Crippen molar-refractivity contribution in [3.63, 3.8) is 0 Å². The predicted octanol–water partition coefficient (Wildman–Crippen LogP) is 3.89. The molecule has 12 heteroatoms. The van der Waals surface area contributed by atoms with Gasteiger partial charge < -0.3 is 4.90 Å². The Morgan fingerprint density at radius 2 is 1.50 bits per heavy atom. The average molecular weight is 542 g/mol. The molecule has 4 aromatic rings. The van der Waals surface area contributed by atoms with Gasteiger partial charge in [-0.05, 0) is 47.5 Å². The van der Waals surface area contributed by atoms with Gasteiger partial charge in [0.15, 0.2) is 5.69 Å². The summed E-state index contributed by atoms with van der Waals surface area (Å²) < 4.78 is 28.4. The van der Waals surface area contributed by atoms with Crippen molar-refractivity contribution in [3.05, 3.63) is 110 Å². The molecule has 0 aliphatic carbocycles. The van der Waals surface area contributed by atoms with Crippen LogP contribution in [0.3, 0.4) is 0 Å². The van der Waals surface area contributed by atoms with Crippen molar-refractivity contribution in [2.24, 2.45) is 0 Å². The largest absolute Gasteiger partial charge is 0.361 e. The second-order valence-corrected chi connectivity index (χ2v) is 9.21. The Kier molecular flexibility index (Phi) is 7.19. The monoisotopic (exact) mass is 541 g/mol. The van der Waals surface area contributed by atoms with Gasteiger partial charge in [0, 0.05) is 26.2 Å². The molecule has 0 unspecified atom stereocenters. The molecular formula is C28H21F2N7O3. The summed E-state index contributed by atoms with van der Waals surface area (Å²) in [5, 5.41) is 30.8. The zero-order chi connectivity index (χ0) is 28.4. The van der Waals surface area contributed by atoms with E-state index >= 15 is 0 Å². The fraction of sp³-hybridized carbons (Fsp3) is 0.214. The van der Waals surface area contributed by atoms with Gasteiger partial charge in [0.1, 0.15) is 35.5 Å². The molecule has 0 bridgehead atoms. The van der Waals surface area contributed by atoms with Crippen molar-refractivity contribution in [1.82, 2.24) is 14.5 Å². The summed E-state index contributed by atoms with van der Waals surface area (Å²) >= 11 is 0. The molecule has 0 N–H and O–H groups in total. The lowest BCUT2D eigenvalue weighted by molar-refractivity contribution is -0.385. The van der Waals surface area contributed by atoms with Gasteiger partial charge in [0.05, 0.1) is 22.6 Å². The highest BCUT2D eigenvalue weighted by Crippen LogP contribution is 2.35. The highest BCUT2D eigenvalue weighted by molar-refractivity contribution is 5.94. The molecule has 1 aliphatic heterocycles. The van der Waals surface area contributed by atoms with Gasteiger partial charge in [0.2, 0.25) is 0 Å². The summed E-state index contributed by atoms with van der Waals surface area (Å²) in [4.78, 5) is 32.7.